The van der Waals surface area contributed by atoms with Crippen LogP contribution in [0.1, 0.15) is 23.1 Å². The van der Waals surface area contributed by atoms with Gasteiger partial charge in [-0.25, -0.2) is 0 Å². The average Bonchev–Trinajstić information content (AvgIpc) is 2.16. The van der Waals surface area contributed by atoms with Crippen molar-refractivity contribution in [2.45, 2.75) is 32.7 Å². The minimum atomic E-state index is 0.462. The smallest absolute Gasteiger partial charge is 0.0387 e. The molecule has 1 aromatic carbocycles. The number of nitrogens with one attached hydrogen (secondary N) is 1. The molecule has 1 aliphatic rings. The Bertz CT molecular complexity index is 344. The van der Waals surface area contributed by atoms with Crippen LogP contribution in [0.2, 0.25) is 0 Å². The summed E-state index contributed by atoms with van der Waals surface area (Å²) in [5, 5.41) is 3.50. The summed E-state index contributed by atoms with van der Waals surface area (Å²) in [6.07, 6.45) is 2.32. The van der Waals surface area contributed by atoms with E-state index >= 15 is 0 Å². The number of aryl methyl sites for hydroxylation is 2. The van der Waals surface area contributed by atoms with Gasteiger partial charge >= 0.3 is 0 Å². The molecule has 1 aliphatic heterocycles. The number of hydrogen-bond donors (Lipinski definition) is 2. The molecule has 0 saturated heterocycles. The van der Waals surface area contributed by atoms with E-state index < -0.39 is 0 Å². The molecular weight excluding hydrogens is 172 g/mol. The lowest BCUT2D eigenvalue weighted by atomic mass is 9.93. The highest BCUT2D eigenvalue weighted by Gasteiger charge is 2.17. The Labute approximate surface area is 85.5 Å². The van der Waals surface area contributed by atoms with Crippen LogP contribution in [0.4, 0.5) is 5.69 Å². The van der Waals surface area contributed by atoms with Gasteiger partial charge in [-0.3, -0.25) is 0 Å². The Morgan fingerprint density at radius 3 is 2.93 bits per heavy atom. The van der Waals surface area contributed by atoms with Crippen LogP contribution in [0.3, 0.4) is 0 Å². The van der Waals surface area contributed by atoms with E-state index in [0.29, 0.717) is 6.04 Å². The van der Waals surface area contributed by atoms with E-state index in [1.165, 1.54) is 22.4 Å². The summed E-state index contributed by atoms with van der Waals surface area (Å²) in [6, 6.07) is 4.94. The summed E-state index contributed by atoms with van der Waals surface area (Å²) in [5.41, 5.74) is 11.2. The van der Waals surface area contributed by atoms with Crippen LogP contribution in [-0.2, 0) is 6.42 Å². The molecule has 0 aliphatic carbocycles. The van der Waals surface area contributed by atoms with Crippen molar-refractivity contribution in [2.75, 3.05) is 11.9 Å². The largest absolute Gasteiger partial charge is 0.381 e. The normalized spacial score (nSPS) is 20.1. The summed E-state index contributed by atoms with van der Waals surface area (Å²) in [5.74, 6) is 0. The third-order valence-electron chi connectivity index (χ3n) is 3.00. The van der Waals surface area contributed by atoms with Gasteiger partial charge in [0, 0.05) is 18.3 Å². The Morgan fingerprint density at radius 1 is 1.43 bits per heavy atom. The number of fused-ring (bicyclic) bond motifs is 1. The molecule has 14 heavy (non-hydrogen) atoms. The van der Waals surface area contributed by atoms with Gasteiger partial charge in [0.05, 0.1) is 0 Å². The van der Waals surface area contributed by atoms with Crippen LogP contribution in [0.25, 0.3) is 0 Å². The Balaban J connectivity index is 2.37. The summed E-state index contributed by atoms with van der Waals surface area (Å²) < 4.78 is 0. The second-order valence-corrected chi connectivity index (χ2v) is 4.22. The van der Waals surface area contributed by atoms with Crippen molar-refractivity contribution >= 4 is 5.69 Å². The van der Waals surface area contributed by atoms with E-state index in [-0.39, 0.29) is 0 Å². The maximum Gasteiger partial charge on any atom is 0.0387 e. The molecule has 1 heterocycles. The molecule has 3 N–H and O–H groups in total. The molecule has 2 heteroatoms. The zero-order valence-electron chi connectivity index (χ0n) is 8.93. The van der Waals surface area contributed by atoms with Crippen LogP contribution < -0.4 is 11.1 Å². The van der Waals surface area contributed by atoms with Crippen LogP contribution in [0, 0.1) is 13.8 Å². The predicted molar refractivity (Wildman–Crippen MR) is 60.7 cm³/mol. The van der Waals surface area contributed by atoms with Crippen molar-refractivity contribution in [3.63, 3.8) is 0 Å². The fourth-order valence-electron chi connectivity index (χ4n) is 2.25. The highest BCUT2D eigenvalue weighted by atomic mass is 14.9. The van der Waals surface area contributed by atoms with Crippen LogP contribution in [0.15, 0.2) is 12.1 Å². The highest BCUT2D eigenvalue weighted by molar-refractivity contribution is 5.58. The first-order valence-corrected chi connectivity index (χ1v) is 5.27. The Hall–Kier alpha value is -1.02. The molecule has 76 valence electrons. The van der Waals surface area contributed by atoms with Crippen LogP contribution in [0.5, 0.6) is 0 Å². The molecular formula is C12H18N2. The first-order chi connectivity index (χ1) is 6.70. The topological polar surface area (TPSA) is 38.0 Å². The minimum absolute atomic E-state index is 0.462. The zero-order valence-corrected chi connectivity index (χ0v) is 8.93. The number of anilines is 1. The molecule has 1 atom stereocenters. The standard InChI is InChI=1S/C12H18N2/c1-8-5-9(2)11-4-3-10(7-13)14-12(11)6-8/h5-6,10,14H,3-4,7,13H2,1-2H3. The minimum Gasteiger partial charge on any atom is -0.381 e. The Kier molecular flexibility index (Phi) is 2.46. The SMILES string of the molecule is Cc1cc(C)c2c(c1)NC(CN)CC2. The van der Waals surface area contributed by atoms with Gasteiger partial charge in [-0.05, 0) is 49.4 Å². The summed E-state index contributed by atoms with van der Waals surface area (Å²) in [6.45, 7) is 5.06. The molecule has 0 fully saturated rings. The Morgan fingerprint density at radius 2 is 2.21 bits per heavy atom. The van der Waals surface area contributed by atoms with Crippen LogP contribution >= 0.6 is 0 Å². The molecule has 1 unspecified atom stereocenters. The van der Waals surface area contributed by atoms with E-state index in [9.17, 15) is 0 Å². The van der Waals surface area contributed by atoms with E-state index in [1.54, 1.807) is 0 Å². The number of nitrogens with two attached hydrogens (primary N) is 1. The van der Waals surface area contributed by atoms with Gasteiger partial charge in [0.15, 0.2) is 0 Å². The highest BCUT2D eigenvalue weighted by Crippen LogP contribution is 2.28. The molecule has 2 nitrogen and oxygen atoms in total. The fraction of sp³-hybridized carbons (Fsp3) is 0.500. The summed E-state index contributed by atoms with van der Waals surface area (Å²) >= 11 is 0. The van der Waals surface area contributed by atoms with Gasteiger partial charge in [0.2, 0.25) is 0 Å². The molecule has 0 bridgehead atoms. The second-order valence-electron chi connectivity index (χ2n) is 4.22. The third-order valence-corrected chi connectivity index (χ3v) is 3.00. The number of benzene rings is 1. The maximum absolute atomic E-state index is 5.67. The van der Waals surface area contributed by atoms with E-state index in [2.05, 4.69) is 31.3 Å². The molecule has 0 aromatic heterocycles. The molecule has 1 aromatic rings. The first-order valence-electron chi connectivity index (χ1n) is 5.27. The van der Waals surface area contributed by atoms with Gasteiger partial charge in [0.1, 0.15) is 0 Å². The zero-order chi connectivity index (χ0) is 10.1. The molecule has 0 saturated carbocycles. The van der Waals surface area contributed by atoms with Crippen molar-refractivity contribution in [3.05, 3.63) is 28.8 Å². The van der Waals surface area contributed by atoms with Crippen molar-refractivity contribution in [1.82, 2.24) is 0 Å². The molecule has 0 spiro atoms. The average molecular weight is 190 g/mol. The van der Waals surface area contributed by atoms with E-state index in [4.69, 9.17) is 5.73 Å². The lowest BCUT2D eigenvalue weighted by molar-refractivity contribution is 0.637. The maximum atomic E-state index is 5.67. The quantitative estimate of drug-likeness (QED) is 0.710. The van der Waals surface area contributed by atoms with Crippen molar-refractivity contribution in [1.29, 1.82) is 0 Å². The number of rotatable bonds is 1. The molecule has 0 amide bonds. The monoisotopic (exact) mass is 190 g/mol. The fourth-order valence-corrected chi connectivity index (χ4v) is 2.25. The molecule has 2 rings (SSSR count). The van der Waals surface area contributed by atoms with Crippen molar-refractivity contribution in [3.8, 4) is 0 Å². The van der Waals surface area contributed by atoms with Crippen molar-refractivity contribution < 1.29 is 0 Å². The van der Waals surface area contributed by atoms with Gasteiger partial charge in [-0.1, -0.05) is 6.07 Å². The van der Waals surface area contributed by atoms with Crippen LogP contribution in [-0.4, -0.2) is 12.6 Å². The second kappa shape index (κ2) is 3.62. The summed E-state index contributed by atoms with van der Waals surface area (Å²) in [4.78, 5) is 0. The lowest BCUT2D eigenvalue weighted by Gasteiger charge is -2.27. The van der Waals surface area contributed by atoms with E-state index in [1.807, 2.05) is 0 Å². The first kappa shape index (κ1) is 9.53. The third kappa shape index (κ3) is 1.62. The van der Waals surface area contributed by atoms with Gasteiger partial charge in [0.25, 0.3) is 0 Å². The predicted octanol–water partition coefficient (Wildman–Crippen LogP) is 1.99. The van der Waals surface area contributed by atoms with Gasteiger partial charge < -0.3 is 11.1 Å². The lowest BCUT2D eigenvalue weighted by Crippen LogP contribution is -2.32. The number of hydrogen-bond acceptors (Lipinski definition) is 2. The van der Waals surface area contributed by atoms with Gasteiger partial charge in [-0.2, -0.15) is 0 Å². The van der Waals surface area contributed by atoms with Crippen molar-refractivity contribution in [2.24, 2.45) is 5.73 Å². The van der Waals surface area contributed by atoms with E-state index in [0.717, 1.165) is 19.4 Å². The molecule has 0 radical (unpaired) electrons. The van der Waals surface area contributed by atoms with Gasteiger partial charge in [-0.15, -0.1) is 0 Å². The summed E-state index contributed by atoms with van der Waals surface area (Å²) in [7, 11) is 0.